The average molecular weight is 340 g/mol. The van der Waals surface area contributed by atoms with Crippen LogP contribution in [0, 0.1) is 5.82 Å². The molecule has 1 aliphatic heterocycles. The molecule has 0 spiro atoms. The summed E-state index contributed by atoms with van der Waals surface area (Å²) in [5.41, 5.74) is 1.90. The monoisotopic (exact) mass is 340 g/mol. The summed E-state index contributed by atoms with van der Waals surface area (Å²) in [6, 6.07) is 11.5. The maximum absolute atomic E-state index is 13.5. The standard InChI is InChI=1S/C20H21FN2O2/c1-14(2)25-19-10-7-16(21)13-18(19)22-20(24)15-5-8-17(9-6-15)23-11-3-4-12-23/h3-10,13-14H,11-12H2,1-2H3,(H,22,24). The molecule has 4 nitrogen and oxygen atoms in total. The zero-order chi connectivity index (χ0) is 17.8. The van der Waals surface area contributed by atoms with Crippen molar-refractivity contribution in [3.63, 3.8) is 0 Å². The van der Waals surface area contributed by atoms with E-state index in [-0.39, 0.29) is 12.0 Å². The molecule has 0 aromatic heterocycles. The van der Waals surface area contributed by atoms with E-state index in [9.17, 15) is 9.18 Å². The fourth-order valence-electron chi connectivity index (χ4n) is 2.66. The van der Waals surface area contributed by atoms with Crippen LogP contribution in [0.4, 0.5) is 15.8 Å². The number of benzene rings is 2. The van der Waals surface area contributed by atoms with Crippen LogP contribution in [-0.2, 0) is 0 Å². The molecule has 0 saturated carbocycles. The molecule has 2 aromatic carbocycles. The number of amides is 1. The topological polar surface area (TPSA) is 41.6 Å². The van der Waals surface area contributed by atoms with Gasteiger partial charge >= 0.3 is 0 Å². The van der Waals surface area contributed by atoms with Gasteiger partial charge in [-0.05, 0) is 50.2 Å². The number of rotatable bonds is 5. The van der Waals surface area contributed by atoms with Crippen LogP contribution >= 0.6 is 0 Å². The van der Waals surface area contributed by atoms with Gasteiger partial charge in [-0.3, -0.25) is 4.79 Å². The van der Waals surface area contributed by atoms with E-state index >= 15 is 0 Å². The van der Waals surface area contributed by atoms with Crippen LogP contribution < -0.4 is 15.0 Å². The Kier molecular flexibility index (Phi) is 5.03. The van der Waals surface area contributed by atoms with E-state index in [1.807, 2.05) is 26.0 Å². The molecular formula is C20H21FN2O2. The Morgan fingerprint density at radius 2 is 1.80 bits per heavy atom. The Morgan fingerprint density at radius 3 is 2.44 bits per heavy atom. The smallest absolute Gasteiger partial charge is 0.255 e. The van der Waals surface area contributed by atoms with Crippen LogP contribution in [0.3, 0.4) is 0 Å². The number of hydrogen-bond acceptors (Lipinski definition) is 3. The van der Waals surface area contributed by atoms with Crippen LogP contribution in [0.15, 0.2) is 54.6 Å². The third-order valence-corrected chi connectivity index (χ3v) is 3.87. The molecule has 25 heavy (non-hydrogen) atoms. The third-order valence-electron chi connectivity index (χ3n) is 3.87. The maximum Gasteiger partial charge on any atom is 0.255 e. The van der Waals surface area contributed by atoms with Gasteiger partial charge in [0.25, 0.3) is 5.91 Å². The summed E-state index contributed by atoms with van der Waals surface area (Å²) in [4.78, 5) is 14.7. The van der Waals surface area contributed by atoms with Crippen molar-refractivity contribution in [3.05, 3.63) is 66.0 Å². The van der Waals surface area contributed by atoms with E-state index in [0.717, 1.165) is 18.8 Å². The molecule has 3 rings (SSSR count). The lowest BCUT2D eigenvalue weighted by Gasteiger charge is -2.18. The highest BCUT2D eigenvalue weighted by molar-refractivity contribution is 6.05. The summed E-state index contributed by atoms with van der Waals surface area (Å²) in [5, 5.41) is 2.73. The number of carbonyl (C=O) groups excluding carboxylic acids is 1. The molecule has 1 heterocycles. The van der Waals surface area contributed by atoms with Gasteiger partial charge in [-0.15, -0.1) is 0 Å². The van der Waals surface area contributed by atoms with E-state index in [2.05, 4.69) is 22.4 Å². The lowest BCUT2D eigenvalue weighted by molar-refractivity contribution is 0.102. The molecule has 0 unspecified atom stereocenters. The molecule has 0 saturated heterocycles. The molecule has 0 bridgehead atoms. The van der Waals surface area contributed by atoms with Gasteiger partial charge in [0.15, 0.2) is 0 Å². The number of hydrogen-bond donors (Lipinski definition) is 1. The second-order valence-corrected chi connectivity index (χ2v) is 6.18. The van der Waals surface area contributed by atoms with E-state index in [1.54, 1.807) is 12.1 Å². The maximum atomic E-state index is 13.5. The molecule has 5 heteroatoms. The van der Waals surface area contributed by atoms with Crippen LogP contribution in [0.2, 0.25) is 0 Å². The van der Waals surface area contributed by atoms with E-state index in [1.165, 1.54) is 18.2 Å². The van der Waals surface area contributed by atoms with Gasteiger partial charge in [-0.1, -0.05) is 12.2 Å². The van der Waals surface area contributed by atoms with Gasteiger partial charge in [-0.2, -0.15) is 0 Å². The predicted octanol–water partition coefficient (Wildman–Crippen LogP) is 4.24. The zero-order valence-corrected chi connectivity index (χ0v) is 14.3. The van der Waals surface area contributed by atoms with Crippen LogP contribution in [0.1, 0.15) is 24.2 Å². The number of anilines is 2. The Labute approximate surface area is 146 Å². The van der Waals surface area contributed by atoms with E-state index in [0.29, 0.717) is 17.0 Å². The summed E-state index contributed by atoms with van der Waals surface area (Å²) in [6.45, 7) is 5.51. The summed E-state index contributed by atoms with van der Waals surface area (Å²) >= 11 is 0. The Bertz CT molecular complexity index is 777. The second kappa shape index (κ2) is 7.38. The minimum absolute atomic E-state index is 0.0746. The molecule has 1 amide bonds. The third kappa shape index (κ3) is 4.18. The number of nitrogens with zero attached hydrogens (tertiary/aromatic N) is 1. The summed E-state index contributed by atoms with van der Waals surface area (Å²) < 4.78 is 19.2. The van der Waals surface area contributed by atoms with Gasteiger partial charge in [0.05, 0.1) is 11.8 Å². The lowest BCUT2D eigenvalue weighted by atomic mass is 10.1. The Morgan fingerprint density at radius 1 is 1.12 bits per heavy atom. The highest BCUT2D eigenvalue weighted by atomic mass is 19.1. The van der Waals surface area contributed by atoms with Gasteiger partial charge in [0, 0.05) is 30.4 Å². The van der Waals surface area contributed by atoms with Gasteiger partial charge in [0.1, 0.15) is 11.6 Å². The fraction of sp³-hybridized carbons (Fsp3) is 0.250. The molecule has 0 atom stereocenters. The molecule has 130 valence electrons. The normalized spacial score (nSPS) is 13.4. The van der Waals surface area contributed by atoms with Crippen molar-refractivity contribution in [2.75, 3.05) is 23.3 Å². The van der Waals surface area contributed by atoms with E-state index in [4.69, 9.17) is 4.74 Å². The zero-order valence-electron chi connectivity index (χ0n) is 14.3. The minimum Gasteiger partial charge on any atom is -0.489 e. The second-order valence-electron chi connectivity index (χ2n) is 6.18. The number of carbonyl (C=O) groups is 1. The fourth-order valence-corrected chi connectivity index (χ4v) is 2.66. The van der Waals surface area contributed by atoms with Crippen LogP contribution in [0.25, 0.3) is 0 Å². The number of ether oxygens (including phenoxy) is 1. The lowest BCUT2D eigenvalue weighted by Crippen LogP contribution is -2.19. The Balaban J connectivity index is 1.74. The van der Waals surface area contributed by atoms with Gasteiger partial charge in [-0.25, -0.2) is 4.39 Å². The average Bonchev–Trinajstić information content (AvgIpc) is 3.11. The largest absolute Gasteiger partial charge is 0.489 e. The van der Waals surface area contributed by atoms with Gasteiger partial charge in [0.2, 0.25) is 0 Å². The first kappa shape index (κ1) is 17.0. The van der Waals surface area contributed by atoms with E-state index < -0.39 is 5.82 Å². The molecule has 0 radical (unpaired) electrons. The van der Waals surface area contributed by atoms with Crippen LogP contribution in [-0.4, -0.2) is 25.1 Å². The first-order valence-corrected chi connectivity index (χ1v) is 8.30. The summed E-state index contributed by atoms with van der Waals surface area (Å²) in [6.07, 6.45) is 4.15. The minimum atomic E-state index is -0.428. The van der Waals surface area contributed by atoms with Gasteiger partial charge < -0.3 is 15.0 Å². The van der Waals surface area contributed by atoms with Crippen molar-refractivity contribution in [3.8, 4) is 5.75 Å². The quantitative estimate of drug-likeness (QED) is 0.828. The van der Waals surface area contributed by atoms with Crippen molar-refractivity contribution >= 4 is 17.3 Å². The SMILES string of the molecule is CC(C)Oc1ccc(F)cc1NC(=O)c1ccc(N2CC=CC2)cc1. The van der Waals surface area contributed by atoms with Crippen molar-refractivity contribution in [2.45, 2.75) is 20.0 Å². The summed E-state index contributed by atoms with van der Waals surface area (Å²) in [5.74, 6) is -0.280. The molecule has 0 aliphatic carbocycles. The molecule has 0 fully saturated rings. The highest BCUT2D eigenvalue weighted by Gasteiger charge is 2.13. The molecule has 1 aliphatic rings. The molecular weight excluding hydrogens is 319 g/mol. The highest BCUT2D eigenvalue weighted by Crippen LogP contribution is 2.27. The van der Waals surface area contributed by atoms with Crippen molar-refractivity contribution in [1.29, 1.82) is 0 Å². The summed E-state index contributed by atoms with van der Waals surface area (Å²) in [7, 11) is 0. The molecule has 2 aromatic rings. The van der Waals surface area contributed by atoms with Crippen LogP contribution in [0.5, 0.6) is 5.75 Å². The number of halogens is 1. The predicted molar refractivity (Wildman–Crippen MR) is 97.9 cm³/mol. The molecule has 1 N–H and O–H groups in total. The van der Waals surface area contributed by atoms with Crippen molar-refractivity contribution in [1.82, 2.24) is 0 Å². The van der Waals surface area contributed by atoms with Crippen molar-refractivity contribution in [2.24, 2.45) is 0 Å². The first-order chi connectivity index (χ1) is 12.0. The number of nitrogens with one attached hydrogen (secondary N) is 1. The first-order valence-electron chi connectivity index (χ1n) is 8.30. The Hall–Kier alpha value is -2.82. The van der Waals surface area contributed by atoms with Crippen molar-refractivity contribution < 1.29 is 13.9 Å².